The van der Waals surface area contributed by atoms with E-state index in [1.165, 1.54) is 4.88 Å². The van der Waals surface area contributed by atoms with Crippen LogP contribution in [0.4, 0.5) is 5.13 Å². The van der Waals surface area contributed by atoms with Gasteiger partial charge in [-0.15, -0.1) is 11.3 Å². The van der Waals surface area contributed by atoms with Gasteiger partial charge >= 0.3 is 0 Å². The Labute approximate surface area is 131 Å². The Kier molecular flexibility index (Phi) is 5.70. The van der Waals surface area contributed by atoms with Crippen molar-refractivity contribution < 1.29 is 0 Å². The number of hydrogen-bond acceptors (Lipinski definition) is 5. The first kappa shape index (κ1) is 15.9. The molecule has 1 N–H and O–H groups in total. The SMILES string of the molecule is CCN(Cc1cccc(C)n1)c1ncc(CNC(C)C)s1. The van der Waals surface area contributed by atoms with Crippen molar-refractivity contribution in [1.82, 2.24) is 15.3 Å². The molecule has 2 heterocycles. The smallest absolute Gasteiger partial charge is 0.185 e. The van der Waals surface area contributed by atoms with Crippen LogP contribution in [0.25, 0.3) is 0 Å². The summed E-state index contributed by atoms with van der Waals surface area (Å²) in [5.41, 5.74) is 2.15. The molecule has 5 heteroatoms. The second-order valence-corrected chi connectivity index (χ2v) is 6.52. The molecule has 0 aliphatic rings. The van der Waals surface area contributed by atoms with Gasteiger partial charge in [0.15, 0.2) is 5.13 Å². The lowest BCUT2D eigenvalue weighted by molar-refractivity contribution is 0.593. The fourth-order valence-corrected chi connectivity index (χ4v) is 2.95. The molecule has 0 aliphatic carbocycles. The first-order chi connectivity index (χ1) is 10.1. The maximum atomic E-state index is 4.58. The molecule has 0 bridgehead atoms. The highest BCUT2D eigenvalue weighted by Crippen LogP contribution is 2.23. The fraction of sp³-hybridized carbons (Fsp3) is 0.500. The summed E-state index contributed by atoms with van der Waals surface area (Å²) < 4.78 is 0. The van der Waals surface area contributed by atoms with Crippen molar-refractivity contribution in [2.45, 2.75) is 46.8 Å². The van der Waals surface area contributed by atoms with E-state index in [2.05, 4.69) is 53.1 Å². The van der Waals surface area contributed by atoms with Gasteiger partial charge < -0.3 is 10.2 Å². The van der Waals surface area contributed by atoms with Gasteiger partial charge in [-0.05, 0) is 26.0 Å². The van der Waals surface area contributed by atoms with E-state index in [-0.39, 0.29) is 0 Å². The summed E-state index contributed by atoms with van der Waals surface area (Å²) in [6, 6.07) is 6.66. The summed E-state index contributed by atoms with van der Waals surface area (Å²) >= 11 is 1.76. The van der Waals surface area contributed by atoms with Crippen molar-refractivity contribution in [3.05, 3.63) is 40.7 Å². The monoisotopic (exact) mass is 304 g/mol. The normalized spacial score (nSPS) is 11.1. The van der Waals surface area contributed by atoms with E-state index in [4.69, 9.17) is 0 Å². The number of thiazole rings is 1. The van der Waals surface area contributed by atoms with Gasteiger partial charge in [0, 0.05) is 35.9 Å². The van der Waals surface area contributed by atoms with Crippen molar-refractivity contribution in [2.24, 2.45) is 0 Å². The highest BCUT2D eigenvalue weighted by molar-refractivity contribution is 7.15. The minimum absolute atomic E-state index is 0.495. The van der Waals surface area contributed by atoms with Crippen LogP contribution < -0.4 is 10.2 Å². The lowest BCUT2D eigenvalue weighted by atomic mass is 10.3. The largest absolute Gasteiger partial charge is 0.342 e. The summed E-state index contributed by atoms with van der Waals surface area (Å²) in [5.74, 6) is 0. The molecule has 2 rings (SSSR count). The molecule has 0 amide bonds. The van der Waals surface area contributed by atoms with Gasteiger partial charge in [0.2, 0.25) is 0 Å². The minimum Gasteiger partial charge on any atom is -0.342 e. The van der Waals surface area contributed by atoms with Crippen LogP contribution in [0.15, 0.2) is 24.4 Å². The van der Waals surface area contributed by atoms with Crippen LogP contribution >= 0.6 is 11.3 Å². The number of pyridine rings is 1. The Balaban J connectivity index is 2.03. The summed E-state index contributed by atoms with van der Waals surface area (Å²) in [6.45, 7) is 11.1. The molecule has 0 fully saturated rings. The number of rotatable bonds is 7. The van der Waals surface area contributed by atoms with Gasteiger partial charge in [-0.1, -0.05) is 19.9 Å². The quantitative estimate of drug-likeness (QED) is 0.851. The van der Waals surface area contributed by atoms with E-state index in [0.29, 0.717) is 6.04 Å². The molecule has 4 nitrogen and oxygen atoms in total. The van der Waals surface area contributed by atoms with Gasteiger partial charge in [0.05, 0.1) is 12.2 Å². The molecular weight excluding hydrogens is 280 g/mol. The third-order valence-electron chi connectivity index (χ3n) is 3.18. The second kappa shape index (κ2) is 7.52. The Morgan fingerprint density at radius 3 is 2.81 bits per heavy atom. The molecule has 21 heavy (non-hydrogen) atoms. The molecule has 114 valence electrons. The Bertz CT molecular complexity index is 565. The van der Waals surface area contributed by atoms with Crippen LogP contribution in [-0.2, 0) is 13.1 Å². The lowest BCUT2D eigenvalue weighted by Crippen LogP contribution is -2.22. The highest BCUT2D eigenvalue weighted by atomic mass is 32.1. The zero-order chi connectivity index (χ0) is 15.2. The van der Waals surface area contributed by atoms with Crippen LogP contribution in [0.5, 0.6) is 0 Å². The first-order valence-corrected chi connectivity index (χ1v) is 8.25. The molecule has 0 saturated carbocycles. The Hall–Kier alpha value is -1.46. The molecular formula is C16H24N4S. The standard InChI is InChI=1S/C16H24N4S/c1-5-20(11-14-8-6-7-13(4)19-14)16-18-10-15(21-16)9-17-12(2)3/h6-8,10,12,17H,5,9,11H2,1-4H3. The summed E-state index contributed by atoms with van der Waals surface area (Å²) in [4.78, 5) is 12.7. The average Bonchev–Trinajstić information content (AvgIpc) is 2.91. The van der Waals surface area contributed by atoms with E-state index >= 15 is 0 Å². The number of anilines is 1. The summed E-state index contributed by atoms with van der Waals surface area (Å²) in [6.07, 6.45) is 1.97. The van der Waals surface area contributed by atoms with Crippen molar-refractivity contribution in [1.29, 1.82) is 0 Å². The number of nitrogens with one attached hydrogen (secondary N) is 1. The molecule has 0 aliphatic heterocycles. The fourth-order valence-electron chi connectivity index (χ4n) is 2.03. The van der Waals surface area contributed by atoms with Gasteiger partial charge in [-0.2, -0.15) is 0 Å². The van der Waals surface area contributed by atoms with Crippen LogP contribution in [0.1, 0.15) is 37.0 Å². The number of nitrogens with zero attached hydrogens (tertiary/aromatic N) is 3. The number of aromatic nitrogens is 2. The number of aryl methyl sites for hydroxylation is 1. The van der Waals surface area contributed by atoms with E-state index in [1.54, 1.807) is 11.3 Å². The number of hydrogen-bond donors (Lipinski definition) is 1. The van der Waals surface area contributed by atoms with Gasteiger partial charge in [0.25, 0.3) is 0 Å². The van der Waals surface area contributed by atoms with Crippen molar-refractivity contribution in [2.75, 3.05) is 11.4 Å². The molecule has 2 aromatic heterocycles. The predicted molar refractivity (Wildman–Crippen MR) is 89.8 cm³/mol. The van der Waals surface area contributed by atoms with Gasteiger partial charge in [-0.3, -0.25) is 4.98 Å². The predicted octanol–water partition coefficient (Wildman–Crippen LogP) is 3.37. The van der Waals surface area contributed by atoms with Gasteiger partial charge in [0.1, 0.15) is 0 Å². The van der Waals surface area contributed by atoms with Crippen LogP contribution in [-0.4, -0.2) is 22.6 Å². The third kappa shape index (κ3) is 4.79. The highest BCUT2D eigenvalue weighted by Gasteiger charge is 2.11. The van der Waals surface area contributed by atoms with Gasteiger partial charge in [-0.25, -0.2) is 4.98 Å². The van der Waals surface area contributed by atoms with E-state index in [0.717, 1.165) is 36.2 Å². The van der Waals surface area contributed by atoms with E-state index < -0.39 is 0 Å². The summed E-state index contributed by atoms with van der Waals surface area (Å²) in [5, 5.41) is 4.50. The second-order valence-electron chi connectivity index (χ2n) is 5.43. The Morgan fingerprint density at radius 2 is 2.14 bits per heavy atom. The average molecular weight is 304 g/mol. The zero-order valence-electron chi connectivity index (χ0n) is 13.3. The Morgan fingerprint density at radius 1 is 1.33 bits per heavy atom. The van der Waals surface area contributed by atoms with E-state index in [1.807, 2.05) is 19.2 Å². The molecule has 0 aromatic carbocycles. The molecule has 0 spiro atoms. The van der Waals surface area contributed by atoms with Crippen molar-refractivity contribution >= 4 is 16.5 Å². The minimum atomic E-state index is 0.495. The molecule has 0 saturated heterocycles. The van der Waals surface area contributed by atoms with Crippen LogP contribution in [0, 0.1) is 6.92 Å². The maximum Gasteiger partial charge on any atom is 0.185 e. The molecule has 0 unspecified atom stereocenters. The topological polar surface area (TPSA) is 41.1 Å². The van der Waals surface area contributed by atoms with Crippen molar-refractivity contribution in [3.8, 4) is 0 Å². The van der Waals surface area contributed by atoms with Crippen LogP contribution in [0.3, 0.4) is 0 Å². The molecule has 2 aromatic rings. The van der Waals surface area contributed by atoms with Crippen LogP contribution in [0.2, 0.25) is 0 Å². The summed E-state index contributed by atoms with van der Waals surface area (Å²) in [7, 11) is 0. The third-order valence-corrected chi connectivity index (χ3v) is 4.24. The lowest BCUT2D eigenvalue weighted by Gasteiger charge is -2.19. The zero-order valence-corrected chi connectivity index (χ0v) is 14.1. The molecule has 0 atom stereocenters. The van der Waals surface area contributed by atoms with Crippen molar-refractivity contribution in [3.63, 3.8) is 0 Å². The van der Waals surface area contributed by atoms with E-state index in [9.17, 15) is 0 Å². The first-order valence-electron chi connectivity index (χ1n) is 7.44. The maximum absolute atomic E-state index is 4.58. The molecule has 0 radical (unpaired) electrons.